The van der Waals surface area contributed by atoms with Crippen LogP contribution in [-0.4, -0.2) is 26.9 Å². The molecule has 0 saturated heterocycles. The van der Waals surface area contributed by atoms with Gasteiger partial charge in [0.1, 0.15) is 0 Å². The van der Waals surface area contributed by atoms with Gasteiger partial charge < -0.3 is 29.4 Å². The molecule has 14 aromatic rings. The lowest BCUT2D eigenvalue weighted by atomic mass is 9.26. The van der Waals surface area contributed by atoms with Crippen molar-refractivity contribution in [2.75, 3.05) is 29.4 Å². The van der Waals surface area contributed by atoms with E-state index in [0.717, 1.165) is 9.80 Å². The van der Waals surface area contributed by atoms with Gasteiger partial charge in [-0.2, -0.15) is 0 Å². The third-order valence-electron chi connectivity index (χ3n) is 19.3. The first-order valence-corrected chi connectivity index (χ1v) is 30.1. The molecule has 8 aliphatic heterocycles. The minimum atomic E-state index is -1.80. The highest BCUT2D eigenvalue weighted by molar-refractivity contribution is 7.06. The molecular weight excluding hydrogens is 1150 g/mol. The SMILES string of the molecule is [2H]c1c([2H])c([2H])c(N2c3cc4c(cc3B3c5c2cccc5N(c2c([2H])c([2H])c([2H])c([2H])c2[2H])c2c([2H])c([2H])c([2H])c([2H])c23)B2c3c([2H])c([2H])c([2H])c([2H])c3N3c5c([2H])c([2H])c([2H])c([2H])c5B5c6cc7c(cc6N(c6c([2H])c([2H])c([2H])c([2H])c6[2H])c6cc(c2c3c65)C4)N(c2c([2H])c([2H])c([2H])c([2H])c2[2H])c2cccc3c2B7c2c([2H])c([2H])c([2H])c([2H])c2N3c2c([2H])c([2H])c([2H])c([2H])c2[2H])c([2H])c1[2H]. The maximum atomic E-state index is 10.6. The largest absolute Gasteiger partial charge is 0.312 e. The standard InChI is InChI=1S/C85H54B4N6/c1-6-26-56(27-7-1)90-69-40-20-16-36-61(69)87-66-51-65-54(49-77(66)92(58-30-10-3-11-31-58)75-46-24-44-73(90)82(75)87)48-55-50-80-84-85-81(55)86(65)63-38-18-22-42-71(63)95(85)72-43-23-19-39-64(72)89(84)68-52-67-78(53-79(68)94(80)60-34-14-5-15-35-60)93(59-32-12-4-13-33-59)76-47-25-45-74-83(76)88(67)62-37-17-21-41-70(62)91(74)57-28-8-2-9-29-57/h1-47,49-53H,48H2/i1D,2D,3D,4D,5D,6D,7D,8D,9D,10D,11D,12D,13D,14D,15D,16D,17D,18D,19D,20D,21D,22D,23D,26D,27D,28D,29D,30D,31D,32D,33D,34D,35D,36D,37D,38D,39D,40D,41D,42D,43D. The summed E-state index contributed by atoms with van der Waals surface area (Å²) in [5.74, 6) is 0. The van der Waals surface area contributed by atoms with Crippen LogP contribution in [0.3, 0.4) is 0 Å². The summed E-state index contributed by atoms with van der Waals surface area (Å²) in [4.78, 5) is 7.18. The summed E-state index contributed by atoms with van der Waals surface area (Å²) in [5, 5.41) is 0. The molecule has 0 atom stereocenters. The number of nitrogens with zero attached hydrogens (tertiary/aromatic N) is 6. The molecule has 0 amide bonds. The summed E-state index contributed by atoms with van der Waals surface area (Å²) in [6, 6.07) is -19.3. The topological polar surface area (TPSA) is 19.4 Å². The third kappa shape index (κ3) is 6.92. The van der Waals surface area contributed by atoms with Gasteiger partial charge in [0.25, 0.3) is 20.1 Å². The summed E-state index contributed by atoms with van der Waals surface area (Å²) >= 11 is 0. The summed E-state index contributed by atoms with van der Waals surface area (Å²) in [6.07, 6.45) is -0.418. The second-order valence-corrected chi connectivity index (χ2v) is 23.6. The smallest absolute Gasteiger partial charge is 0.252 e. The van der Waals surface area contributed by atoms with Crippen LogP contribution < -0.4 is 95.0 Å². The van der Waals surface area contributed by atoms with Gasteiger partial charge in [-0.05, 0) is 205 Å². The number of para-hydroxylation sites is 9. The first kappa shape index (κ1) is 26.6. The quantitative estimate of drug-likeness (QED) is 0.159. The van der Waals surface area contributed by atoms with E-state index in [2.05, 4.69) is 0 Å². The molecule has 0 radical (unpaired) electrons. The first-order chi connectivity index (χ1) is 64.2. The van der Waals surface area contributed by atoms with Crippen molar-refractivity contribution in [3.63, 3.8) is 0 Å². The summed E-state index contributed by atoms with van der Waals surface area (Å²) in [6.45, 7) is -6.72. The Balaban J connectivity index is 0.912. The summed E-state index contributed by atoms with van der Waals surface area (Å²) in [7, 11) is 0. The number of hydrogen-bond acceptors (Lipinski definition) is 6. The number of rotatable bonds is 5. The first-order valence-electron chi connectivity index (χ1n) is 50.6. The zero-order valence-electron chi connectivity index (χ0n) is 89.6. The Bertz CT molecular complexity index is 8060. The lowest BCUT2D eigenvalue weighted by Gasteiger charge is -2.50. The Kier molecular flexibility index (Phi) is 5.43. The molecule has 6 nitrogen and oxygen atoms in total. The van der Waals surface area contributed by atoms with Crippen molar-refractivity contribution < 1.29 is 56.2 Å². The number of fused-ring (bicyclic) bond motifs is 18. The maximum absolute atomic E-state index is 10.6. The lowest BCUT2D eigenvalue weighted by molar-refractivity contribution is 1.17. The second kappa shape index (κ2) is 19.4. The molecule has 0 fully saturated rings. The number of benzene rings is 14. The third-order valence-corrected chi connectivity index (χ3v) is 19.3. The van der Waals surface area contributed by atoms with Gasteiger partial charge >= 0.3 is 0 Å². The lowest BCUT2D eigenvalue weighted by Crippen LogP contribution is -2.70. The van der Waals surface area contributed by atoms with Crippen molar-refractivity contribution in [3.05, 3.63) is 326 Å². The Hall–Kier alpha value is -11.9. The Morgan fingerprint density at radius 2 is 0.516 bits per heavy atom. The van der Waals surface area contributed by atoms with Crippen molar-refractivity contribution >= 4 is 195 Å². The zero-order chi connectivity index (χ0) is 97.4. The number of anilines is 18. The van der Waals surface area contributed by atoms with Gasteiger partial charge in [0.05, 0.1) is 56.2 Å². The average Bonchev–Trinajstić information content (AvgIpc) is 0.655. The van der Waals surface area contributed by atoms with Gasteiger partial charge in [0.2, 0.25) is 6.71 Å². The molecule has 0 unspecified atom stereocenters. The van der Waals surface area contributed by atoms with Crippen LogP contribution in [0.4, 0.5) is 102 Å². The molecule has 436 valence electrons. The van der Waals surface area contributed by atoms with E-state index in [4.69, 9.17) is 12.3 Å². The van der Waals surface area contributed by atoms with Crippen LogP contribution in [0.15, 0.2) is 314 Å². The zero-order valence-corrected chi connectivity index (χ0v) is 48.6. The van der Waals surface area contributed by atoms with Gasteiger partial charge in [-0.3, -0.25) is 0 Å². The summed E-state index contributed by atoms with van der Waals surface area (Å²) < 4.78 is 394. The molecule has 14 aromatic carbocycles. The average molecular weight is 1240 g/mol. The van der Waals surface area contributed by atoms with Crippen molar-refractivity contribution in [2.45, 2.75) is 6.42 Å². The van der Waals surface area contributed by atoms with Crippen LogP contribution in [-0.2, 0) is 6.42 Å². The highest BCUT2D eigenvalue weighted by Crippen LogP contribution is 2.51. The van der Waals surface area contributed by atoms with E-state index in [-0.39, 0.29) is 128 Å². The maximum Gasteiger partial charge on any atom is 0.252 e. The monoisotopic (exact) mass is 1240 g/mol. The summed E-state index contributed by atoms with van der Waals surface area (Å²) in [5.41, 5.74) is -7.77. The van der Waals surface area contributed by atoms with Crippen molar-refractivity contribution in [2.24, 2.45) is 0 Å². The van der Waals surface area contributed by atoms with E-state index in [1.807, 2.05) is 0 Å². The predicted octanol–water partition coefficient (Wildman–Crippen LogP) is 12.7. The van der Waals surface area contributed by atoms with E-state index < -0.39 is 332 Å². The minimum Gasteiger partial charge on any atom is -0.312 e. The molecule has 0 N–H and O–H groups in total. The molecule has 8 heterocycles. The van der Waals surface area contributed by atoms with Crippen LogP contribution in [0, 0.1) is 0 Å². The molecule has 0 spiro atoms. The molecule has 95 heavy (non-hydrogen) atoms. The fourth-order valence-corrected chi connectivity index (χ4v) is 16.1. The second-order valence-electron chi connectivity index (χ2n) is 23.6. The molecular formula is C85H54B4N6. The van der Waals surface area contributed by atoms with E-state index in [1.165, 1.54) is 74.2 Å². The van der Waals surface area contributed by atoms with Gasteiger partial charge in [0, 0.05) is 102 Å². The van der Waals surface area contributed by atoms with E-state index >= 15 is 0 Å². The van der Waals surface area contributed by atoms with E-state index in [9.17, 15) is 43.9 Å². The Morgan fingerprint density at radius 1 is 0.221 bits per heavy atom. The highest BCUT2D eigenvalue weighted by atomic mass is 15.2. The van der Waals surface area contributed by atoms with E-state index in [1.54, 1.807) is 12.1 Å². The number of hydrogen-bond donors (Lipinski definition) is 0. The normalized spacial score (nSPS) is 20.5. The predicted molar refractivity (Wildman–Crippen MR) is 402 cm³/mol. The van der Waals surface area contributed by atoms with Crippen molar-refractivity contribution in [3.8, 4) is 0 Å². The van der Waals surface area contributed by atoms with Gasteiger partial charge in [-0.1, -0.05) is 193 Å². The van der Waals surface area contributed by atoms with Gasteiger partial charge in [0.15, 0.2) is 0 Å². The van der Waals surface area contributed by atoms with Crippen LogP contribution in [0.5, 0.6) is 0 Å². The molecule has 8 aliphatic rings. The fraction of sp³-hybridized carbons (Fsp3) is 0.0118. The van der Waals surface area contributed by atoms with Crippen molar-refractivity contribution in [1.29, 1.82) is 0 Å². The van der Waals surface area contributed by atoms with Crippen LogP contribution in [0.25, 0.3) is 0 Å². The van der Waals surface area contributed by atoms with Crippen LogP contribution in [0.2, 0.25) is 0 Å². The molecule has 0 bridgehead atoms. The fourth-order valence-electron chi connectivity index (χ4n) is 16.1. The van der Waals surface area contributed by atoms with Crippen LogP contribution >= 0.6 is 0 Å². The molecule has 0 saturated carbocycles. The minimum absolute atomic E-state index is 0.00891. The van der Waals surface area contributed by atoms with Crippen LogP contribution in [0.1, 0.15) is 67.3 Å². The van der Waals surface area contributed by atoms with Gasteiger partial charge in [-0.25, -0.2) is 0 Å². The Labute approximate surface area is 611 Å². The molecule has 22 rings (SSSR count). The molecule has 0 aromatic heterocycles. The van der Waals surface area contributed by atoms with Gasteiger partial charge in [-0.15, -0.1) is 0 Å². The van der Waals surface area contributed by atoms with Crippen molar-refractivity contribution in [1.82, 2.24) is 0 Å². The highest BCUT2D eigenvalue weighted by Gasteiger charge is 2.53. The Morgan fingerprint density at radius 3 is 0.916 bits per heavy atom. The molecule has 10 heteroatoms. The molecule has 0 aliphatic carbocycles. The van der Waals surface area contributed by atoms with E-state index in [0.29, 0.717) is 0 Å².